The number of nitrogens with one attached hydrogen (secondary N) is 1. The second-order valence-corrected chi connectivity index (χ2v) is 9.84. The normalized spacial score (nSPS) is 15.8. The lowest BCUT2D eigenvalue weighted by Crippen LogP contribution is -2.36. The molecule has 140 valence electrons. The SMILES string of the molecule is O=C(NCc1cc(Br)cs1)c1ccc(F)c(S(=O)(=O)N2CCCCC2)c1. The minimum absolute atomic E-state index is 0.123. The van der Waals surface area contributed by atoms with Crippen molar-refractivity contribution in [2.75, 3.05) is 13.1 Å². The predicted octanol–water partition coefficient (Wildman–Crippen LogP) is 3.75. The van der Waals surface area contributed by atoms with Crippen LogP contribution in [0.3, 0.4) is 0 Å². The van der Waals surface area contributed by atoms with Gasteiger partial charge in [0.25, 0.3) is 5.91 Å². The third-order valence-electron chi connectivity index (χ3n) is 4.17. The smallest absolute Gasteiger partial charge is 0.251 e. The zero-order valence-corrected chi connectivity index (χ0v) is 17.1. The van der Waals surface area contributed by atoms with Gasteiger partial charge in [0.1, 0.15) is 10.7 Å². The number of hydrogen-bond acceptors (Lipinski definition) is 4. The molecule has 1 saturated heterocycles. The van der Waals surface area contributed by atoms with Crippen molar-refractivity contribution in [3.05, 3.63) is 50.4 Å². The van der Waals surface area contributed by atoms with E-state index in [9.17, 15) is 17.6 Å². The number of sulfonamides is 1. The Balaban J connectivity index is 1.79. The number of carbonyl (C=O) groups excluding carboxylic acids is 1. The van der Waals surface area contributed by atoms with Gasteiger partial charge in [0.2, 0.25) is 10.0 Å². The quantitative estimate of drug-likeness (QED) is 0.738. The van der Waals surface area contributed by atoms with E-state index in [-0.39, 0.29) is 5.56 Å². The topological polar surface area (TPSA) is 66.5 Å². The first-order chi connectivity index (χ1) is 12.4. The van der Waals surface area contributed by atoms with Crippen LogP contribution in [0, 0.1) is 5.82 Å². The fourth-order valence-corrected chi connectivity index (χ4v) is 5.80. The minimum atomic E-state index is -3.94. The summed E-state index contributed by atoms with van der Waals surface area (Å²) in [6, 6.07) is 5.35. The fraction of sp³-hybridized carbons (Fsp3) is 0.353. The lowest BCUT2D eigenvalue weighted by atomic mass is 10.2. The number of nitrogens with zero attached hydrogens (tertiary/aromatic N) is 1. The highest BCUT2D eigenvalue weighted by Crippen LogP contribution is 2.24. The number of thiophene rings is 1. The van der Waals surface area contributed by atoms with Crippen LogP contribution in [0.1, 0.15) is 34.5 Å². The van der Waals surface area contributed by atoms with E-state index in [0.29, 0.717) is 19.6 Å². The van der Waals surface area contributed by atoms with E-state index in [0.717, 1.165) is 40.7 Å². The van der Waals surface area contributed by atoms with Crippen LogP contribution < -0.4 is 5.32 Å². The van der Waals surface area contributed by atoms with Gasteiger partial charge in [-0.05, 0) is 53.0 Å². The van der Waals surface area contributed by atoms with Crippen LogP contribution in [0.2, 0.25) is 0 Å². The molecular weight excluding hydrogens is 443 g/mol. The van der Waals surface area contributed by atoms with Crippen LogP contribution in [0.5, 0.6) is 0 Å². The molecule has 1 fully saturated rings. The van der Waals surface area contributed by atoms with E-state index in [2.05, 4.69) is 21.2 Å². The summed E-state index contributed by atoms with van der Waals surface area (Å²) in [5, 5.41) is 4.63. The molecule has 0 atom stereocenters. The van der Waals surface area contributed by atoms with Gasteiger partial charge < -0.3 is 5.32 Å². The summed E-state index contributed by atoms with van der Waals surface area (Å²) < 4.78 is 41.9. The number of rotatable bonds is 5. The molecule has 2 heterocycles. The molecule has 0 spiro atoms. The van der Waals surface area contributed by atoms with Crippen LogP contribution in [0.15, 0.2) is 39.0 Å². The average Bonchev–Trinajstić information content (AvgIpc) is 3.06. The lowest BCUT2D eigenvalue weighted by molar-refractivity contribution is 0.0951. The number of hydrogen-bond donors (Lipinski definition) is 1. The molecule has 26 heavy (non-hydrogen) atoms. The Bertz CT molecular complexity index is 908. The van der Waals surface area contributed by atoms with Gasteiger partial charge in [-0.1, -0.05) is 6.42 Å². The number of benzene rings is 1. The van der Waals surface area contributed by atoms with E-state index in [4.69, 9.17) is 0 Å². The number of piperidine rings is 1. The summed E-state index contributed by atoms with van der Waals surface area (Å²) in [7, 11) is -3.94. The van der Waals surface area contributed by atoms with E-state index < -0.39 is 26.6 Å². The van der Waals surface area contributed by atoms with Crippen molar-refractivity contribution in [1.29, 1.82) is 0 Å². The van der Waals surface area contributed by atoms with Gasteiger partial charge in [-0.2, -0.15) is 4.31 Å². The lowest BCUT2D eigenvalue weighted by Gasteiger charge is -2.26. The summed E-state index contributed by atoms with van der Waals surface area (Å²) in [6.07, 6.45) is 2.49. The number of halogens is 2. The van der Waals surface area contributed by atoms with Crippen LogP contribution in [-0.2, 0) is 16.6 Å². The first-order valence-corrected chi connectivity index (χ1v) is 11.3. The largest absolute Gasteiger partial charge is 0.347 e. The summed E-state index contributed by atoms with van der Waals surface area (Å²) >= 11 is 4.84. The van der Waals surface area contributed by atoms with Crippen LogP contribution in [-0.4, -0.2) is 31.7 Å². The van der Waals surface area contributed by atoms with E-state index in [1.165, 1.54) is 21.7 Å². The number of amides is 1. The fourth-order valence-electron chi connectivity index (χ4n) is 2.80. The first-order valence-electron chi connectivity index (χ1n) is 8.19. The van der Waals surface area contributed by atoms with Crippen molar-refractivity contribution >= 4 is 43.2 Å². The van der Waals surface area contributed by atoms with Crippen molar-refractivity contribution < 1.29 is 17.6 Å². The summed E-state index contributed by atoms with van der Waals surface area (Å²) in [6.45, 7) is 1.08. The third-order valence-corrected chi connectivity index (χ3v) is 7.78. The van der Waals surface area contributed by atoms with E-state index in [1.54, 1.807) is 0 Å². The molecule has 1 aromatic heterocycles. The molecule has 1 aromatic carbocycles. The Labute approximate surface area is 164 Å². The maximum absolute atomic E-state index is 14.2. The van der Waals surface area contributed by atoms with E-state index in [1.807, 2.05) is 11.4 Å². The van der Waals surface area contributed by atoms with Gasteiger partial charge in [-0.3, -0.25) is 4.79 Å². The standard InChI is InChI=1S/C17H18BrFN2O3S2/c18-13-9-14(25-11-13)10-20-17(22)12-4-5-15(19)16(8-12)26(23,24)21-6-2-1-3-7-21/h4-5,8-9,11H,1-3,6-7,10H2,(H,20,22). The van der Waals surface area contributed by atoms with Gasteiger partial charge in [-0.15, -0.1) is 11.3 Å². The average molecular weight is 461 g/mol. The van der Waals surface area contributed by atoms with Crippen LogP contribution in [0.25, 0.3) is 0 Å². The maximum atomic E-state index is 14.2. The summed E-state index contributed by atoms with van der Waals surface area (Å²) in [4.78, 5) is 12.9. The van der Waals surface area contributed by atoms with Crippen molar-refractivity contribution in [1.82, 2.24) is 9.62 Å². The molecule has 0 unspecified atom stereocenters. The molecule has 0 aliphatic carbocycles. The van der Waals surface area contributed by atoms with Crippen LogP contribution >= 0.6 is 27.3 Å². The number of carbonyl (C=O) groups is 1. The highest BCUT2D eigenvalue weighted by molar-refractivity contribution is 9.10. The first kappa shape index (κ1) is 19.5. The molecular formula is C17H18BrFN2O3S2. The monoisotopic (exact) mass is 460 g/mol. The third kappa shape index (κ3) is 4.33. The molecule has 1 aliphatic heterocycles. The van der Waals surface area contributed by atoms with Crippen molar-refractivity contribution in [2.45, 2.75) is 30.7 Å². The molecule has 1 N–H and O–H groups in total. The zero-order chi connectivity index (χ0) is 18.7. The molecule has 5 nitrogen and oxygen atoms in total. The van der Waals surface area contributed by atoms with Gasteiger partial charge in [-0.25, -0.2) is 12.8 Å². The van der Waals surface area contributed by atoms with Crippen molar-refractivity contribution in [3.8, 4) is 0 Å². The molecule has 0 saturated carbocycles. The Morgan fingerprint density at radius 3 is 2.62 bits per heavy atom. The molecule has 0 bridgehead atoms. The molecule has 2 aromatic rings. The van der Waals surface area contributed by atoms with Crippen molar-refractivity contribution in [2.24, 2.45) is 0 Å². The highest BCUT2D eigenvalue weighted by Gasteiger charge is 2.29. The Kier molecular flexibility index (Phi) is 6.11. The second-order valence-electron chi connectivity index (χ2n) is 6.02. The second kappa shape index (κ2) is 8.16. The molecule has 9 heteroatoms. The molecule has 3 rings (SSSR count). The zero-order valence-electron chi connectivity index (χ0n) is 13.9. The minimum Gasteiger partial charge on any atom is -0.347 e. The molecule has 0 radical (unpaired) electrons. The van der Waals surface area contributed by atoms with Crippen molar-refractivity contribution in [3.63, 3.8) is 0 Å². The maximum Gasteiger partial charge on any atom is 0.251 e. The van der Waals surface area contributed by atoms with Gasteiger partial charge in [0, 0.05) is 33.4 Å². The van der Waals surface area contributed by atoms with Gasteiger partial charge in [0.15, 0.2) is 0 Å². The Morgan fingerprint density at radius 1 is 1.23 bits per heavy atom. The Morgan fingerprint density at radius 2 is 1.96 bits per heavy atom. The molecule has 1 aliphatic rings. The Hall–Kier alpha value is -1.29. The van der Waals surface area contributed by atoms with Gasteiger partial charge >= 0.3 is 0 Å². The predicted molar refractivity (Wildman–Crippen MR) is 102 cm³/mol. The highest BCUT2D eigenvalue weighted by atomic mass is 79.9. The summed E-state index contributed by atoms with van der Waals surface area (Å²) in [5.41, 5.74) is 0.123. The van der Waals surface area contributed by atoms with Crippen LogP contribution in [0.4, 0.5) is 4.39 Å². The molecule has 1 amide bonds. The van der Waals surface area contributed by atoms with Gasteiger partial charge in [0.05, 0.1) is 6.54 Å². The van der Waals surface area contributed by atoms with E-state index >= 15 is 0 Å². The summed E-state index contributed by atoms with van der Waals surface area (Å²) in [5.74, 6) is -1.28.